The van der Waals surface area contributed by atoms with Gasteiger partial charge in [0.25, 0.3) is 0 Å². The summed E-state index contributed by atoms with van der Waals surface area (Å²) in [6.07, 6.45) is 0.428. The summed E-state index contributed by atoms with van der Waals surface area (Å²) in [6.45, 7) is 0. The summed E-state index contributed by atoms with van der Waals surface area (Å²) in [5.74, 6) is 0.501. The third-order valence-corrected chi connectivity index (χ3v) is 3.33. The molecule has 0 aliphatic carbocycles. The number of rotatable bonds is 4. The van der Waals surface area contributed by atoms with Crippen LogP contribution in [-0.2, 0) is 4.79 Å². The fourth-order valence-corrected chi connectivity index (χ4v) is 2.44. The molecule has 0 aliphatic heterocycles. The summed E-state index contributed by atoms with van der Waals surface area (Å²) >= 11 is 1.66. The molecule has 82 valence electrons. The van der Waals surface area contributed by atoms with Crippen molar-refractivity contribution in [2.45, 2.75) is 11.3 Å². The van der Waals surface area contributed by atoms with Gasteiger partial charge >= 0.3 is 0 Å². The van der Waals surface area contributed by atoms with Gasteiger partial charge in [0.2, 0.25) is 5.91 Å². The fraction of sp³-hybridized carbons (Fsp3) is 0.154. The number of carbonyl (C=O) groups is 1. The Balaban J connectivity index is 2.10. The van der Waals surface area contributed by atoms with Crippen molar-refractivity contribution in [1.29, 1.82) is 0 Å². The molecule has 0 aromatic heterocycles. The first kappa shape index (κ1) is 11.0. The molecule has 16 heavy (non-hydrogen) atoms. The summed E-state index contributed by atoms with van der Waals surface area (Å²) in [4.78, 5) is 11.8. The molecule has 0 aliphatic rings. The van der Waals surface area contributed by atoms with E-state index in [0.29, 0.717) is 6.42 Å². The summed E-state index contributed by atoms with van der Waals surface area (Å²) < 4.78 is 0. The number of carbonyl (C=O) groups excluding carboxylic acids is 1. The minimum Gasteiger partial charge on any atom is -0.370 e. The van der Waals surface area contributed by atoms with Gasteiger partial charge in [0, 0.05) is 17.1 Å². The van der Waals surface area contributed by atoms with Crippen molar-refractivity contribution in [3.8, 4) is 0 Å². The molecule has 0 radical (unpaired) electrons. The highest BCUT2D eigenvalue weighted by molar-refractivity contribution is 7.99. The Morgan fingerprint density at radius 3 is 2.62 bits per heavy atom. The van der Waals surface area contributed by atoms with E-state index in [2.05, 4.69) is 30.3 Å². The topological polar surface area (TPSA) is 43.1 Å². The van der Waals surface area contributed by atoms with Crippen LogP contribution in [-0.4, -0.2) is 11.7 Å². The first-order chi connectivity index (χ1) is 7.75. The molecule has 2 aromatic carbocycles. The van der Waals surface area contributed by atoms with Crippen LogP contribution in [0, 0.1) is 0 Å². The number of nitrogens with two attached hydrogens (primary N) is 1. The summed E-state index contributed by atoms with van der Waals surface area (Å²) in [6, 6.07) is 14.6. The molecule has 0 bridgehead atoms. The van der Waals surface area contributed by atoms with E-state index in [9.17, 15) is 4.79 Å². The van der Waals surface area contributed by atoms with Crippen LogP contribution < -0.4 is 5.73 Å². The van der Waals surface area contributed by atoms with Crippen LogP contribution in [0.25, 0.3) is 10.8 Å². The molecular weight excluding hydrogens is 218 g/mol. The molecule has 1 amide bonds. The Labute approximate surface area is 98.8 Å². The van der Waals surface area contributed by atoms with Gasteiger partial charge in [-0.15, -0.1) is 11.8 Å². The van der Waals surface area contributed by atoms with E-state index in [1.54, 1.807) is 11.8 Å². The second kappa shape index (κ2) is 5.03. The third-order valence-electron chi connectivity index (χ3n) is 2.34. The average molecular weight is 231 g/mol. The van der Waals surface area contributed by atoms with Gasteiger partial charge < -0.3 is 5.73 Å². The van der Waals surface area contributed by atoms with Crippen molar-refractivity contribution in [3.63, 3.8) is 0 Å². The largest absolute Gasteiger partial charge is 0.370 e. The lowest BCUT2D eigenvalue weighted by Crippen LogP contribution is -2.10. The molecule has 0 unspecified atom stereocenters. The molecule has 2 nitrogen and oxygen atoms in total. The molecule has 2 N–H and O–H groups in total. The smallest absolute Gasteiger partial charge is 0.218 e. The molecule has 0 saturated heterocycles. The minimum absolute atomic E-state index is 0.242. The maximum atomic E-state index is 10.6. The average Bonchev–Trinajstić information content (AvgIpc) is 2.28. The van der Waals surface area contributed by atoms with E-state index in [4.69, 9.17) is 5.73 Å². The third kappa shape index (κ3) is 2.76. The van der Waals surface area contributed by atoms with E-state index >= 15 is 0 Å². The molecule has 0 atom stereocenters. The molecule has 3 heteroatoms. The van der Waals surface area contributed by atoms with Crippen molar-refractivity contribution in [3.05, 3.63) is 42.5 Å². The Morgan fingerprint density at radius 2 is 1.88 bits per heavy atom. The van der Waals surface area contributed by atoms with Gasteiger partial charge in [-0.2, -0.15) is 0 Å². The maximum Gasteiger partial charge on any atom is 0.218 e. The van der Waals surface area contributed by atoms with Crippen LogP contribution in [0.1, 0.15) is 6.42 Å². The Hall–Kier alpha value is -1.48. The highest BCUT2D eigenvalue weighted by Crippen LogP contribution is 2.23. The van der Waals surface area contributed by atoms with Crippen molar-refractivity contribution < 1.29 is 4.79 Å². The van der Waals surface area contributed by atoms with Gasteiger partial charge in [-0.25, -0.2) is 0 Å². The summed E-state index contributed by atoms with van der Waals surface area (Å²) in [7, 11) is 0. The van der Waals surface area contributed by atoms with E-state index in [0.717, 1.165) is 5.75 Å². The number of hydrogen-bond acceptors (Lipinski definition) is 2. The minimum atomic E-state index is -0.242. The molecule has 0 heterocycles. The van der Waals surface area contributed by atoms with Crippen molar-refractivity contribution in [1.82, 2.24) is 0 Å². The fourth-order valence-electron chi connectivity index (χ4n) is 1.53. The van der Waals surface area contributed by atoms with Crippen LogP contribution in [0.5, 0.6) is 0 Å². The number of fused-ring (bicyclic) bond motifs is 1. The molecule has 2 aromatic rings. The molecule has 0 saturated carbocycles. The highest BCUT2D eigenvalue weighted by Gasteiger charge is 1.98. The van der Waals surface area contributed by atoms with Crippen molar-refractivity contribution in [2.24, 2.45) is 5.73 Å². The molecule has 0 spiro atoms. The van der Waals surface area contributed by atoms with Gasteiger partial charge in [-0.1, -0.05) is 30.3 Å². The SMILES string of the molecule is NC(=O)CCSc1ccc2ccccc2c1. The quantitative estimate of drug-likeness (QED) is 0.822. The molecule has 2 rings (SSSR count). The zero-order chi connectivity index (χ0) is 11.4. The van der Waals surface area contributed by atoms with Gasteiger partial charge in [-0.05, 0) is 22.9 Å². The van der Waals surface area contributed by atoms with E-state index in [1.165, 1.54) is 15.7 Å². The van der Waals surface area contributed by atoms with E-state index in [-0.39, 0.29) is 5.91 Å². The first-order valence-electron chi connectivity index (χ1n) is 5.15. The van der Waals surface area contributed by atoms with Gasteiger partial charge in [0.15, 0.2) is 0 Å². The summed E-state index contributed by atoms with van der Waals surface area (Å²) in [5.41, 5.74) is 5.09. The zero-order valence-corrected chi connectivity index (χ0v) is 9.67. The molecule has 0 fully saturated rings. The second-order valence-electron chi connectivity index (χ2n) is 3.57. The number of benzene rings is 2. The summed E-state index contributed by atoms with van der Waals surface area (Å²) in [5, 5.41) is 2.47. The lowest BCUT2D eigenvalue weighted by atomic mass is 10.1. The predicted octanol–water partition coefficient (Wildman–Crippen LogP) is 2.81. The monoisotopic (exact) mass is 231 g/mol. The van der Waals surface area contributed by atoms with Crippen molar-refractivity contribution >= 4 is 28.4 Å². The zero-order valence-electron chi connectivity index (χ0n) is 8.85. The van der Waals surface area contributed by atoms with Crippen LogP contribution in [0.4, 0.5) is 0 Å². The lowest BCUT2D eigenvalue weighted by molar-refractivity contribution is -0.117. The van der Waals surface area contributed by atoms with Crippen LogP contribution >= 0.6 is 11.8 Å². The number of amides is 1. The Bertz CT molecular complexity index is 510. The van der Waals surface area contributed by atoms with Gasteiger partial charge in [0.1, 0.15) is 0 Å². The lowest BCUT2D eigenvalue weighted by Gasteiger charge is -2.02. The standard InChI is InChI=1S/C13H13NOS/c14-13(15)7-8-16-12-6-5-10-3-1-2-4-11(10)9-12/h1-6,9H,7-8H2,(H2,14,15). The number of hydrogen-bond donors (Lipinski definition) is 1. The van der Waals surface area contributed by atoms with E-state index in [1.807, 2.05) is 12.1 Å². The normalized spacial score (nSPS) is 10.5. The van der Waals surface area contributed by atoms with Crippen molar-refractivity contribution in [2.75, 3.05) is 5.75 Å². The number of primary amides is 1. The Kier molecular flexibility index (Phi) is 3.47. The highest BCUT2D eigenvalue weighted by atomic mass is 32.2. The molecular formula is C13H13NOS. The van der Waals surface area contributed by atoms with Gasteiger partial charge in [0.05, 0.1) is 0 Å². The second-order valence-corrected chi connectivity index (χ2v) is 4.74. The van der Waals surface area contributed by atoms with Crippen LogP contribution in [0.3, 0.4) is 0 Å². The van der Waals surface area contributed by atoms with Gasteiger partial charge in [-0.3, -0.25) is 4.79 Å². The maximum absolute atomic E-state index is 10.6. The van der Waals surface area contributed by atoms with Crippen LogP contribution in [0.15, 0.2) is 47.4 Å². The van der Waals surface area contributed by atoms with E-state index < -0.39 is 0 Å². The van der Waals surface area contributed by atoms with Crippen LogP contribution in [0.2, 0.25) is 0 Å². The first-order valence-corrected chi connectivity index (χ1v) is 6.14. The Morgan fingerprint density at radius 1 is 1.12 bits per heavy atom. The predicted molar refractivity (Wildman–Crippen MR) is 68.5 cm³/mol. The number of thioether (sulfide) groups is 1.